The molecule has 2 heterocycles. The molecular formula is C20H17N3O8. The van der Waals surface area contributed by atoms with E-state index in [-0.39, 0.29) is 18.6 Å². The summed E-state index contributed by atoms with van der Waals surface area (Å²) in [6.45, 7) is 0.130. The predicted molar refractivity (Wildman–Crippen MR) is 104 cm³/mol. The summed E-state index contributed by atoms with van der Waals surface area (Å²) >= 11 is 0. The van der Waals surface area contributed by atoms with Gasteiger partial charge in [-0.3, -0.25) is 29.8 Å². The molecule has 160 valence electrons. The Morgan fingerprint density at radius 2 is 1.87 bits per heavy atom. The van der Waals surface area contributed by atoms with Crippen LogP contribution in [0.15, 0.2) is 48.5 Å². The van der Waals surface area contributed by atoms with Crippen LogP contribution in [0.25, 0.3) is 0 Å². The standard InChI is InChI=1S/C20H17N3O8/c1-30-19(25)20(15-8-7-13(22(26)27)9-16(15)23(28)29)10-14-11-31-17(21(14)18(20)24)12-5-3-2-4-6-12/h2-9,14,17H,10-11H2,1H3/t14-,17-,20-/m0/s1. The van der Waals surface area contributed by atoms with E-state index < -0.39 is 50.8 Å². The van der Waals surface area contributed by atoms with Crippen molar-refractivity contribution in [1.29, 1.82) is 0 Å². The van der Waals surface area contributed by atoms with Gasteiger partial charge in [0.25, 0.3) is 11.4 Å². The molecule has 1 amide bonds. The van der Waals surface area contributed by atoms with Gasteiger partial charge in [-0.2, -0.15) is 0 Å². The molecule has 0 radical (unpaired) electrons. The van der Waals surface area contributed by atoms with Crippen molar-refractivity contribution < 1.29 is 28.9 Å². The van der Waals surface area contributed by atoms with E-state index in [1.165, 1.54) is 4.90 Å². The lowest BCUT2D eigenvalue weighted by atomic mass is 9.76. The molecule has 0 aliphatic carbocycles. The van der Waals surface area contributed by atoms with Gasteiger partial charge in [-0.05, 0) is 12.5 Å². The third-order valence-corrected chi connectivity index (χ3v) is 5.70. The summed E-state index contributed by atoms with van der Waals surface area (Å²) in [5.41, 5.74) is -2.76. The average Bonchev–Trinajstić information content (AvgIpc) is 3.31. The van der Waals surface area contributed by atoms with Crippen LogP contribution in [0.4, 0.5) is 11.4 Å². The number of esters is 1. The zero-order chi connectivity index (χ0) is 22.3. The van der Waals surface area contributed by atoms with E-state index in [9.17, 15) is 29.8 Å². The number of methoxy groups -OCH3 is 1. The Hall–Kier alpha value is -3.86. The number of rotatable bonds is 5. The fourth-order valence-electron chi connectivity index (χ4n) is 4.35. The van der Waals surface area contributed by atoms with Crippen LogP contribution in [-0.4, -0.2) is 46.4 Å². The van der Waals surface area contributed by atoms with Crippen LogP contribution in [-0.2, 0) is 24.5 Å². The van der Waals surface area contributed by atoms with Gasteiger partial charge in [0, 0.05) is 11.6 Å². The predicted octanol–water partition coefficient (Wildman–Crippen LogP) is 2.24. The van der Waals surface area contributed by atoms with Crippen LogP contribution < -0.4 is 0 Å². The van der Waals surface area contributed by atoms with Crippen LogP contribution in [0.2, 0.25) is 0 Å². The van der Waals surface area contributed by atoms with E-state index in [0.29, 0.717) is 5.56 Å². The molecule has 0 saturated carbocycles. The maximum atomic E-state index is 13.7. The van der Waals surface area contributed by atoms with E-state index >= 15 is 0 Å². The first-order chi connectivity index (χ1) is 14.8. The molecule has 2 aliphatic heterocycles. The number of hydrogen-bond acceptors (Lipinski definition) is 8. The number of non-ortho nitro benzene ring substituents is 1. The van der Waals surface area contributed by atoms with Gasteiger partial charge in [0.05, 0.1) is 41.2 Å². The fraction of sp³-hybridized carbons (Fsp3) is 0.300. The molecule has 2 saturated heterocycles. The number of nitrogens with zero attached hydrogens (tertiary/aromatic N) is 3. The molecule has 2 aliphatic rings. The molecule has 0 aromatic heterocycles. The van der Waals surface area contributed by atoms with Crippen LogP contribution in [0.1, 0.15) is 23.8 Å². The van der Waals surface area contributed by atoms with E-state index in [1.54, 1.807) is 30.3 Å². The molecule has 11 heteroatoms. The molecule has 4 rings (SSSR count). The van der Waals surface area contributed by atoms with Crippen molar-refractivity contribution in [3.8, 4) is 0 Å². The Morgan fingerprint density at radius 1 is 1.16 bits per heavy atom. The topological polar surface area (TPSA) is 142 Å². The molecule has 3 atom stereocenters. The number of fused-ring (bicyclic) bond motifs is 1. The van der Waals surface area contributed by atoms with Crippen molar-refractivity contribution in [2.75, 3.05) is 13.7 Å². The molecule has 0 unspecified atom stereocenters. The molecule has 31 heavy (non-hydrogen) atoms. The largest absolute Gasteiger partial charge is 0.468 e. The highest BCUT2D eigenvalue weighted by molar-refractivity contribution is 6.11. The first-order valence-corrected chi connectivity index (χ1v) is 9.32. The monoisotopic (exact) mass is 427 g/mol. The van der Waals surface area contributed by atoms with Crippen molar-refractivity contribution in [3.05, 3.63) is 79.9 Å². The Balaban J connectivity index is 1.86. The van der Waals surface area contributed by atoms with E-state index in [4.69, 9.17) is 9.47 Å². The van der Waals surface area contributed by atoms with Crippen LogP contribution >= 0.6 is 0 Å². The number of benzene rings is 2. The van der Waals surface area contributed by atoms with Crippen LogP contribution in [0, 0.1) is 20.2 Å². The van der Waals surface area contributed by atoms with Gasteiger partial charge in [-0.1, -0.05) is 30.3 Å². The lowest BCUT2D eigenvalue weighted by Gasteiger charge is -2.28. The minimum Gasteiger partial charge on any atom is -0.468 e. The second kappa shape index (κ2) is 7.43. The van der Waals surface area contributed by atoms with E-state index in [2.05, 4.69) is 0 Å². The zero-order valence-corrected chi connectivity index (χ0v) is 16.3. The third kappa shape index (κ3) is 3.01. The molecule has 0 spiro atoms. The highest BCUT2D eigenvalue weighted by Gasteiger charge is 2.64. The number of nitro benzene ring substituents is 2. The fourth-order valence-corrected chi connectivity index (χ4v) is 4.35. The van der Waals surface area contributed by atoms with Gasteiger partial charge in [0.15, 0.2) is 11.6 Å². The molecule has 0 bridgehead atoms. The number of carbonyl (C=O) groups excluding carboxylic acids is 2. The molecule has 11 nitrogen and oxygen atoms in total. The Bertz CT molecular complexity index is 1090. The first-order valence-electron chi connectivity index (χ1n) is 9.32. The molecule has 2 aromatic rings. The number of carbonyl (C=O) groups is 2. The number of ether oxygens (including phenoxy) is 2. The maximum Gasteiger partial charge on any atom is 0.326 e. The van der Waals surface area contributed by atoms with E-state index in [1.807, 2.05) is 0 Å². The summed E-state index contributed by atoms with van der Waals surface area (Å²) in [7, 11) is 1.09. The molecule has 2 fully saturated rings. The average molecular weight is 427 g/mol. The number of nitro groups is 2. The molecule has 2 aromatic carbocycles. The van der Waals surface area contributed by atoms with Crippen LogP contribution in [0.3, 0.4) is 0 Å². The summed E-state index contributed by atoms with van der Waals surface area (Å²) in [5.74, 6) is -1.66. The Morgan fingerprint density at radius 3 is 2.48 bits per heavy atom. The highest BCUT2D eigenvalue weighted by atomic mass is 16.6. The normalized spacial score (nSPS) is 24.7. The quantitative estimate of drug-likeness (QED) is 0.306. The summed E-state index contributed by atoms with van der Waals surface area (Å²) in [4.78, 5) is 49.2. The third-order valence-electron chi connectivity index (χ3n) is 5.70. The lowest BCUT2D eigenvalue weighted by molar-refractivity contribution is -0.394. The summed E-state index contributed by atoms with van der Waals surface area (Å²) in [6.07, 6.45) is -0.872. The Labute approximate surface area is 175 Å². The van der Waals surface area contributed by atoms with Crippen molar-refractivity contribution in [3.63, 3.8) is 0 Å². The summed E-state index contributed by atoms with van der Waals surface area (Å²) < 4.78 is 10.7. The van der Waals surface area contributed by atoms with Crippen molar-refractivity contribution in [2.45, 2.75) is 24.1 Å². The summed E-state index contributed by atoms with van der Waals surface area (Å²) in [5, 5.41) is 22.8. The minimum atomic E-state index is -2.01. The molecular weight excluding hydrogens is 410 g/mol. The molecule has 0 N–H and O–H groups in total. The van der Waals surface area contributed by atoms with Crippen LogP contribution in [0.5, 0.6) is 0 Å². The van der Waals surface area contributed by atoms with Gasteiger partial charge in [-0.25, -0.2) is 0 Å². The van der Waals surface area contributed by atoms with Crippen molar-refractivity contribution >= 4 is 23.3 Å². The van der Waals surface area contributed by atoms with Gasteiger partial charge in [0.1, 0.15) is 0 Å². The zero-order valence-electron chi connectivity index (χ0n) is 16.3. The lowest BCUT2D eigenvalue weighted by Crippen LogP contribution is -2.46. The van der Waals surface area contributed by atoms with Crippen molar-refractivity contribution in [1.82, 2.24) is 4.90 Å². The smallest absolute Gasteiger partial charge is 0.326 e. The second-order valence-corrected chi connectivity index (χ2v) is 7.28. The van der Waals surface area contributed by atoms with Gasteiger partial charge >= 0.3 is 5.97 Å². The van der Waals surface area contributed by atoms with Gasteiger partial charge in [0.2, 0.25) is 5.91 Å². The SMILES string of the molecule is COC(=O)[C@]1(c2ccc([N+](=O)[O-])cc2[N+](=O)[O-])C[C@H]2CO[C@@H](c3ccccc3)N2C1=O. The maximum absolute atomic E-state index is 13.7. The van der Waals surface area contributed by atoms with Crippen molar-refractivity contribution in [2.24, 2.45) is 0 Å². The van der Waals surface area contributed by atoms with Gasteiger partial charge in [-0.15, -0.1) is 0 Å². The second-order valence-electron chi connectivity index (χ2n) is 7.28. The first kappa shape index (κ1) is 20.4. The highest BCUT2D eigenvalue weighted by Crippen LogP contribution is 2.50. The van der Waals surface area contributed by atoms with E-state index in [0.717, 1.165) is 25.3 Å². The number of hydrogen-bond donors (Lipinski definition) is 0. The summed E-state index contributed by atoms with van der Waals surface area (Å²) in [6, 6.07) is 11.3. The Kier molecular flexibility index (Phi) is 4.90. The van der Waals surface area contributed by atoms with Gasteiger partial charge < -0.3 is 14.4 Å². The number of amides is 1. The minimum absolute atomic E-state index is 0.111.